The second kappa shape index (κ2) is 8.27. The lowest BCUT2D eigenvalue weighted by Gasteiger charge is -2.30. The van der Waals surface area contributed by atoms with Gasteiger partial charge in [0, 0.05) is 30.7 Å². The van der Waals surface area contributed by atoms with E-state index in [1.165, 1.54) is 6.20 Å². The lowest BCUT2D eigenvalue weighted by Crippen LogP contribution is -2.41. The Hall–Kier alpha value is -3.59. The van der Waals surface area contributed by atoms with Crippen LogP contribution in [0.15, 0.2) is 54.0 Å². The van der Waals surface area contributed by atoms with Crippen LogP contribution in [0.2, 0.25) is 0 Å². The zero-order valence-corrected chi connectivity index (χ0v) is 17.4. The molecule has 1 aliphatic carbocycles. The summed E-state index contributed by atoms with van der Waals surface area (Å²) >= 11 is 0. The number of benzene rings is 1. The number of carbonyl (C=O) groups is 1. The van der Waals surface area contributed by atoms with E-state index in [1.54, 1.807) is 23.3 Å². The van der Waals surface area contributed by atoms with Gasteiger partial charge in [-0.15, -0.1) is 0 Å². The van der Waals surface area contributed by atoms with Crippen LogP contribution in [0.5, 0.6) is 0 Å². The lowest BCUT2D eigenvalue weighted by atomic mass is 9.76. The van der Waals surface area contributed by atoms with E-state index in [4.69, 9.17) is 17.2 Å². The molecule has 1 aliphatic rings. The Morgan fingerprint density at radius 3 is 2.45 bits per heavy atom. The molecule has 1 fully saturated rings. The Labute approximate surface area is 180 Å². The van der Waals surface area contributed by atoms with Crippen molar-refractivity contribution < 1.29 is 4.79 Å². The number of nitrogen functional groups attached to an aromatic ring is 1. The van der Waals surface area contributed by atoms with Gasteiger partial charge in [0.2, 0.25) is 5.95 Å². The first kappa shape index (κ1) is 20.7. The first-order chi connectivity index (χ1) is 14.9. The predicted octanol–water partition coefficient (Wildman–Crippen LogP) is 1.75. The van der Waals surface area contributed by atoms with Gasteiger partial charge in [-0.2, -0.15) is 10.1 Å². The van der Waals surface area contributed by atoms with E-state index in [1.807, 2.05) is 24.3 Å². The van der Waals surface area contributed by atoms with Gasteiger partial charge in [0.1, 0.15) is 5.84 Å². The quantitative estimate of drug-likeness (QED) is 0.390. The van der Waals surface area contributed by atoms with Gasteiger partial charge < -0.3 is 17.2 Å². The Balaban J connectivity index is 1.61. The predicted molar refractivity (Wildman–Crippen MR) is 119 cm³/mol. The SMILES string of the molecule is CC(C(N)=NC(=O)c1cnn(CCN)c1)(c1ccc(-c2cnc(N)nc2)cc1)C1CC1. The maximum Gasteiger partial charge on any atom is 0.281 e. The molecular formula is C22H26N8O. The molecule has 9 nitrogen and oxygen atoms in total. The van der Waals surface area contributed by atoms with Crippen LogP contribution < -0.4 is 17.2 Å². The molecule has 0 spiro atoms. The van der Waals surface area contributed by atoms with Crippen LogP contribution in [0.1, 0.15) is 35.7 Å². The third-order valence-electron chi connectivity index (χ3n) is 5.88. The van der Waals surface area contributed by atoms with Crippen molar-refractivity contribution >= 4 is 17.7 Å². The monoisotopic (exact) mass is 418 g/mol. The molecule has 1 aromatic carbocycles. The molecule has 3 aromatic rings. The number of rotatable bonds is 7. The summed E-state index contributed by atoms with van der Waals surface area (Å²) in [5.41, 5.74) is 20.3. The highest BCUT2D eigenvalue weighted by Gasteiger charge is 2.46. The topological polar surface area (TPSA) is 151 Å². The second-order valence-electron chi connectivity index (χ2n) is 7.97. The van der Waals surface area contributed by atoms with E-state index in [0.717, 1.165) is 29.5 Å². The number of carbonyl (C=O) groups excluding carboxylic acids is 1. The summed E-state index contributed by atoms with van der Waals surface area (Å²) in [4.78, 5) is 25.0. The summed E-state index contributed by atoms with van der Waals surface area (Å²) in [6, 6.07) is 8.04. The van der Waals surface area contributed by atoms with Gasteiger partial charge in [-0.1, -0.05) is 24.3 Å². The van der Waals surface area contributed by atoms with E-state index < -0.39 is 11.3 Å². The molecule has 0 bridgehead atoms. The van der Waals surface area contributed by atoms with Crippen molar-refractivity contribution in [2.75, 3.05) is 12.3 Å². The van der Waals surface area contributed by atoms with Gasteiger partial charge in [0.25, 0.3) is 5.91 Å². The van der Waals surface area contributed by atoms with Crippen LogP contribution in [0.4, 0.5) is 5.95 Å². The summed E-state index contributed by atoms with van der Waals surface area (Å²) in [6.07, 6.45) is 8.61. The second-order valence-corrected chi connectivity index (χ2v) is 7.97. The van der Waals surface area contributed by atoms with Crippen LogP contribution in [-0.4, -0.2) is 38.0 Å². The number of aliphatic imine (C=N–C) groups is 1. The van der Waals surface area contributed by atoms with Crippen LogP contribution in [-0.2, 0) is 12.0 Å². The van der Waals surface area contributed by atoms with Crippen molar-refractivity contribution in [3.63, 3.8) is 0 Å². The van der Waals surface area contributed by atoms with E-state index in [-0.39, 0.29) is 5.95 Å². The van der Waals surface area contributed by atoms with Gasteiger partial charge in [-0.05, 0) is 36.8 Å². The molecule has 160 valence electrons. The van der Waals surface area contributed by atoms with Crippen LogP contribution in [0.3, 0.4) is 0 Å². The number of amidine groups is 1. The van der Waals surface area contributed by atoms with Crippen LogP contribution in [0.25, 0.3) is 11.1 Å². The Kier molecular flexibility index (Phi) is 5.51. The molecule has 6 N–H and O–H groups in total. The third-order valence-corrected chi connectivity index (χ3v) is 5.88. The van der Waals surface area contributed by atoms with Gasteiger partial charge in [0.15, 0.2) is 0 Å². The number of amides is 1. The van der Waals surface area contributed by atoms with Gasteiger partial charge in [-0.3, -0.25) is 9.48 Å². The normalized spacial score (nSPS) is 16.1. The van der Waals surface area contributed by atoms with Gasteiger partial charge in [-0.25, -0.2) is 9.97 Å². The highest BCUT2D eigenvalue weighted by atomic mass is 16.1. The number of nitrogens with two attached hydrogens (primary N) is 3. The zero-order chi connectivity index (χ0) is 22.0. The maximum absolute atomic E-state index is 12.7. The number of anilines is 1. The highest BCUT2D eigenvalue weighted by Crippen LogP contribution is 2.47. The minimum absolute atomic E-state index is 0.240. The zero-order valence-electron chi connectivity index (χ0n) is 17.4. The van der Waals surface area contributed by atoms with Crippen molar-refractivity contribution in [3.05, 3.63) is 60.2 Å². The first-order valence-corrected chi connectivity index (χ1v) is 10.2. The minimum Gasteiger partial charge on any atom is -0.386 e. The standard InChI is InChI=1S/C22H26N8O/c1-22(18-6-7-18,20(24)29-19(31)16-12-28-30(13-16)9-8-23)17-4-2-14(3-5-17)15-10-26-21(25)27-11-15/h2-5,10-13,18H,6-9,23H2,1H3,(H2,24,29,31)(H2,25,26,27). The summed E-state index contributed by atoms with van der Waals surface area (Å²) < 4.78 is 1.62. The Morgan fingerprint density at radius 2 is 1.84 bits per heavy atom. The molecule has 0 radical (unpaired) electrons. The highest BCUT2D eigenvalue weighted by molar-refractivity contribution is 6.06. The molecule has 2 aromatic heterocycles. The van der Waals surface area contributed by atoms with Crippen molar-refractivity contribution in [2.45, 2.75) is 31.7 Å². The fourth-order valence-electron chi connectivity index (χ4n) is 3.77. The largest absolute Gasteiger partial charge is 0.386 e. The number of nitrogens with zero attached hydrogens (tertiary/aromatic N) is 5. The fourth-order valence-corrected chi connectivity index (χ4v) is 3.77. The maximum atomic E-state index is 12.7. The molecule has 31 heavy (non-hydrogen) atoms. The van der Waals surface area contributed by atoms with Crippen LogP contribution >= 0.6 is 0 Å². The molecule has 0 aliphatic heterocycles. The average Bonchev–Trinajstić information content (AvgIpc) is 3.53. The Bertz CT molecular complexity index is 1100. The Morgan fingerprint density at radius 1 is 1.16 bits per heavy atom. The number of aromatic nitrogens is 4. The number of hydrogen-bond donors (Lipinski definition) is 3. The molecule has 1 atom stereocenters. The molecule has 1 saturated carbocycles. The van der Waals surface area contributed by atoms with E-state index in [0.29, 0.717) is 30.4 Å². The summed E-state index contributed by atoms with van der Waals surface area (Å²) in [7, 11) is 0. The lowest BCUT2D eigenvalue weighted by molar-refractivity contribution is 0.100. The molecule has 4 rings (SSSR count). The smallest absolute Gasteiger partial charge is 0.281 e. The van der Waals surface area contributed by atoms with Crippen molar-refractivity contribution in [1.82, 2.24) is 19.7 Å². The average molecular weight is 419 g/mol. The molecule has 2 heterocycles. The molecule has 1 amide bonds. The summed E-state index contributed by atoms with van der Waals surface area (Å²) in [6.45, 7) is 3.03. The third kappa shape index (κ3) is 4.17. The van der Waals surface area contributed by atoms with E-state index in [2.05, 4.69) is 27.0 Å². The van der Waals surface area contributed by atoms with Crippen molar-refractivity contribution in [3.8, 4) is 11.1 Å². The summed E-state index contributed by atoms with van der Waals surface area (Å²) in [5.74, 6) is 0.497. The van der Waals surface area contributed by atoms with Gasteiger partial charge in [0.05, 0.1) is 23.7 Å². The number of hydrogen-bond acceptors (Lipinski definition) is 6. The molecular weight excluding hydrogens is 392 g/mol. The fraction of sp³-hybridized carbons (Fsp3) is 0.318. The van der Waals surface area contributed by atoms with Crippen LogP contribution in [0, 0.1) is 5.92 Å². The summed E-state index contributed by atoms with van der Waals surface area (Å²) in [5, 5.41) is 4.13. The molecule has 9 heteroatoms. The van der Waals surface area contributed by atoms with E-state index >= 15 is 0 Å². The van der Waals surface area contributed by atoms with Gasteiger partial charge >= 0.3 is 0 Å². The van der Waals surface area contributed by atoms with Crippen molar-refractivity contribution in [2.24, 2.45) is 22.4 Å². The molecule has 0 saturated heterocycles. The van der Waals surface area contributed by atoms with E-state index in [9.17, 15) is 4.79 Å². The minimum atomic E-state index is -0.529. The van der Waals surface area contributed by atoms with Crippen molar-refractivity contribution in [1.29, 1.82) is 0 Å². The molecule has 1 unspecified atom stereocenters. The first-order valence-electron chi connectivity index (χ1n) is 10.2.